The second-order valence-corrected chi connectivity index (χ2v) is 4.79. The van der Waals surface area contributed by atoms with Gasteiger partial charge in [-0.3, -0.25) is 4.98 Å². The Kier molecular flexibility index (Phi) is 3.05. The molecule has 0 aliphatic rings. The molecule has 0 aliphatic heterocycles. The molecule has 0 spiro atoms. The fourth-order valence-corrected chi connectivity index (χ4v) is 2.30. The molecular weight excluding hydrogens is 236 g/mol. The monoisotopic (exact) mass is 252 g/mol. The number of hydrogen-bond acceptors (Lipinski definition) is 2. The van der Waals surface area contributed by atoms with Crippen LogP contribution in [0.15, 0.2) is 55.0 Å². The number of nitrogens with zero attached hydrogens (tertiary/aromatic N) is 2. The first-order valence-corrected chi connectivity index (χ1v) is 6.40. The Morgan fingerprint density at radius 2 is 2.05 bits per heavy atom. The Labute approximate surface area is 112 Å². The van der Waals surface area contributed by atoms with Gasteiger partial charge in [0.2, 0.25) is 0 Å². The summed E-state index contributed by atoms with van der Waals surface area (Å²) in [5, 5.41) is 10.7. The molecule has 0 aliphatic carbocycles. The number of hydrogen-bond donors (Lipinski definition) is 1. The van der Waals surface area contributed by atoms with Crippen molar-refractivity contribution in [3.8, 4) is 0 Å². The van der Waals surface area contributed by atoms with Crippen LogP contribution in [-0.4, -0.2) is 14.7 Å². The average Bonchev–Trinajstić information content (AvgIpc) is 2.88. The summed E-state index contributed by atoms with van der Waals surface area (Å²) in [4.78, 5) is 4.46. The summed E-state index contributed by atoms with van der Waals surface area (Å²) in [6.45, 7) is 2.54. The van der Waals surface area contributed by atoms with Gasteiger partial charge in [0.25, 0.3) is 0 Å². The third-order valence-corrected chi connectivity index (χ3v) is 3.32. The molecule has 96 valence electrons. The van der Waals surface area contributed by atoms with Crippen LogP contribution in [0.3, 0.4) is 0 Å². The van der Waals surface area contributed by atoms with E-state index in [4.69, 9.17) is 0 Å². The van der Waals surface area contributed by atoms with Crippen LogP contribution in [0.2, 0.25) is 0 Å². The van der Waals surface area contributed by atoms with Crippen molar-refractivity contribution in [2.75, 3.05) is 0 Å². The fourth-order valence-electron chi connectivity index (χ4n) is 2.30. The molecule has 0 saturated carbocycles. The standard InChI is InChI=1S/C16H16N2O/c1-12(19)14-7-9-18(10-14)11-15-5-2-4-13-6-3-8-17-16(13)15/h2-10,12,19H,11H2,1H3. The van der Waals surface area contributed by atoms with Crippen molar-refractivity contribution in [2.24, 2.45) is 0 Å². The maximum Gasteiger partial charge on any atom is 0.0776 e. The van der Waals surface area contributed by atoms with Gasteiger partial charge in [-0.15, -0.1) is 0 Å². The third-order valence-electron chi connectivity index (χ3n) is 3.32. The van der Waals surface area contributed by atoms with Crippen LogP contribution in [0, 0.1) is 0 Å². The van der Waals surface area contributed by atoms with E-state index in [2.05, 4.69) is 33.8 Å². The van der Waals surface area contributed by atoms with Crippen molar-refractivity contribution >= 4 is 10.9 Å². The number of benzene rings is 1. The number of para-hydroxylation sites is 1. The van der Waals surface area contributed by atoms with E-state index in [1.54, 1.807) is 6.92 Å². The molecule has 0 saturated heterocycles. The highest BCUT2D eigenvalue weighted by Gasteiger charge is 2.05. The van der Waals surface area contributed by atoms with Gasteiger partial charge < -0.3 is 9.67 Å². The molecule has 2 aromatic heterocycles. The first-order chi connectivity index (χ1) is 9.24. The van der Waals surface area contributed by atoms with E-state index in [9.17, 15) is 5.11 Å². The molecule has 2 heterocycles. The summed E-state index contributed by atoms with van der Waals surface area (Å²) in [5.41, 5.74) is 3.16. The molecule has 0 bridgehead atoms. The Morgan fingerprint density at radius 1 is 1.21 bits per heavy atom. The molecule has 3 nitrogen and oxygen atoms in total. The molecule has 3 aromatic rings. The summed E-state index contributed by atoms with van der Waals surface area (Å²) in [6.07, 6.45) is 5.37. The lowest BCUT2D eigenvalue weighted by Gasteiger charge is -2.07. The van der Waals surface area contributed by atoms with Gasteiger partial charge in [-0.25, -0.2) is 0 Å². The van der Waals surface area contributed by atoms with Crippen LogP contribution >= 0.6 is 0 Å². The van der Waals surface area contributed by atoms with Gasteiger partial charge in [-0.2, -0.15) is 0 Å². The number of aliphatic hydroxyl groups is 1. The average molecular weight is 252 g/mol. The molecule has 3 heteroatoms. The van der Waals surface area contributed by atoms with Crippen LogP contribution in [-0.2, 0) is 6.54 Å². The van der Waals surface area contributed by atoms with Crippen molar-refractivity contribution in [3.05, 3.63) is 66.1 Å². The minimum absolute atomic E-state index is 0.424. The lowest BCUT2D eigenvalue weighted by atomic mass is 10.1. The first-order valence-electron chi connectivity index (χ1n) is 6.40. The summed E-state index contributed by atoms with van der Waals surface area (Å²) < 4.78 is 2.07. The predicted octanol–water partition coefficient (Wildman–Crippen LogP) is 3.14. The molecule has 1 aromatic carbocycles. The zero-order valence-electron chi connectivity index (χ0n) is 10.8. The number of rotatable bonds is 3. The molecule has 3 rings (SSSR count). The predicted molar refractivity (Wildman–Crippen MR) is 75.9 cm³/mol. The molecule has 1 atom stereocenters. The second-order valence-electron chi connectivity index (χ2n) is 4.79. The SMILES string of the molecule is CC(O)c1ccn(Cc2cccc3cccnc23)c1. The molecule has 1 N–H and O–H groups in total. The van der Waals surface area contributed by atoms with Crippen LogP contribution in [0.5, 0.6) is 0 Å². The lowest BCUT2D eigenvalue weighted by molar-refractivity contribution is 0.199. The molecule has 1 unspecified atom stereocenters. The first kappa shape index (κ1) is 11.9. The van der Waals surface area contributed by atoms with Crippen LogP contribution in [0.4, 0.5) is 0 Å². The van der Waals surface area contributed by atoms with Crippen LogP contribution in [0.25, 0.3) is 10.9 Å². The summed E-state index contributed by atoms with van der Waals surface area (Å²) >= 11 is 0. The van der Waals surface area contributed by atoms with Crippen molar-refractivity contribution < 1.29 is 5.11 Å². The normalized spacial score (nSPS) is 12.7. The zero-order valence-corrected chi connectivity index (χ0v) is 10.8. The van der Waals surface area contributed by atoms with E-state index in [1.807, 2.05) is 30.7 Å². The van der Waals surface area contributed by atoms with E-state index in [0.29, 0.717) is 0 Å². The number of pyridine rings is 1. The number of aromatic nitrogens is 2. The summed E-state index contributed by atoms with van der Waals surface area (Å²) in [5.74, 6) is 0. The van der Waals surface area contributed by atoms with Crippen molar-refractivity contribution in [1.29, 1.82) is 0 Å². The minimum Gasteiger partial charge on any atom is -0.389 e. The van der Waals surface area contributed by atoms with Gasteiger partial charge in [-0.05, 0) is 30.2 Å². The number of aliphatic hydroxyl groups excluding tert-OH is 1. The van der Waals surface area contributed by atoms with Gasteiger partial charge in [0.15, 0.2) is 0 Å². The summed E-state index contributed by atoms with van der Waals surface area (Å²) in [6, 6.07) is 12.2. The zero-order chi connectivity index (χ0) is 13.2. The molecular formula is C16H16N2O. The highest BCUT2D eigenvalue weighted by atomic mass is 16.3. The van der Waals surface area contributed by atoms with Crippen molar-refractivity contribution in [2.45, 2.75) is 19.6 Å². The van der Waals surface area contributed by atoms with E-state index in [0.717, 1.165) is 23.0 Å². The van der Waals surface area contributed by atoms with Gasteiger partial charge in [0.1, 0.15) is 0 Å². The maximum atomic E-state index is 9.55. The largest absolute Gasteiger partial charge is 0.389 e. The second kappa shape index (κ2) is 4.86. The molecule has 0 amide bonds. The Bertz CT molecular complexity index is 695. The highest BCUT2D eigenvalue weighted by molar-refractivity contribution is 5.81. The van der Waals surface area contributed by atoms with E-state index in [-0.39, 0.29) is 0 Å². The van der Waals surface area contributed by atoms with Gasteiger partial charge in [0.05, 0.1) is 11.6 Å². The van der Waals surface area contributed by atoms with Crippen LogP contribution in [0.1, 0.15) is 24.2 Å². The Balaban J connectivity index is 1.96. The van der Waals surface area contributed by atoms with Crippen molar-refractivity contribution in [1.82, 2.24) is 9.55 Å². The lowest BCUT2D eigenvalue weighted by Crippen LogP contribution is -1.98. The quantitative estimate of drug-likeness (QED) is 0.777. The molecule has 0 fully saturated rings. The highest BCUT2D eigenvalue weighted by Crippen LogP contribution is 2.18. The molecule has 19 heavy (non-hydrogen) atoms. The maximum absolute atomic E-state index is 9.55. The van der Waals surface area contributed by atoms with E-state index in [1.165, 1.54) is 5.56 Å². The third kappa shape index (κ3) is 2.37. The van der Waals surface area contributed by atoms with E-state index < -0.39 is 6.10 Å². The Morgan fingerprint density at radius 3 is 2.84 bits per heavy atom. The van der Waals surface area contributed by atoms with Crippen molar-refractivity contribution in [3.63, 3.8) is 0 Å². The van der Waals surface area contributed by atoms with Gasteiger partial charge >= 0.3 is 0 Å². The topological polar surface area (TPSA) is 38.0 Å². The molecule has 0 radical (unpaired) electrons. The fraction of sp³-hybridized carbons (Fsp3) is 0.188. The van der Waals surface area contributed by atoms with Gasteiger partial charge in [0, 0.05) is 30.5 Å². The smallest absolute Gasteiger partial charge is 0.0776 e. The number of fused-ring (bicyclic) bond motifs is 1. The summed E-state index contributed by atoms with van der Waals surface area (Å²) in [7, 11) is 0. The van der Waals surface area contributed by atoms with Gasteiger partial charge in [-0.1, -0.05) is 24.3 Å². The van der Waals surface area contributed by atoms with Crippen LogP contribution < -0.4 is 0 Å². The minimum atomic E-state index is -0.424. The Hall–Kier alpha value is -2.13. The van der Waals surface area contributed by atoms with E-state index >= 15 is 0 Å².